The van der Waals surface area contributed by atoms with Crippen LogP contribution in [0, 0.1) is 5.92 Å². The first kappa shape index (κ1) is 14.6. The summed E-state index contributed by atoms with van der Waals surface area (Å²) in [6.07, 6.45) is 4.54. The summed E-state index contributed by atoms with van der Waals surface area (Å²) >= 11 is 0. The van der Waals surface area contributed by atoms with Gasteiger partial charge in [-0.2, -0.15) is 9.78 Å². The molecule has 0 spiro atoms. The number of carbonyl (C=O) groups is 1. The number of esters is 1. The predicted molar refractivity (Wildman–Crippen MR) is 83.0 cm³/mol. The molecule has 0 saturated heterocycles. The van der Waals surface area contributed by atoms with Gasteiger partial charge in [0.05, 0.1) is 17.8 Å². The van der Waals surface area contributed by atoms with Gasteiger partial charge in [0.25, 0.3) is 0 Å². The zero-order valence-electron chi connectivity index (χ0n) is 13.1. The van der Waals surface area contributed by atoms with Crippen molar-refractivity contribution in [1.29, 1.82) is 0 Å². The van der Waals surface area contributed by atoms with Crippen molar-refractivity contribution in [2.24, 2.45) is 13.0 Å². The van der Waals surface area contributed by atoms with E-state index in [1.54, 1.807) is 15.6 Å². The Labute approximate surface area is 138 Å². The second-order valence-electron chi connectivity index (χ2n) is 5.85. The van der Waals surface area contributed by atoms with Gasteiger partial charge < -0.3 is 4.74 Å². The lowest BCUT2D eigenvalue weighted by Crippen LogP contribution is -2.11. The van der Waals surface area contributed by atoms with E-state index in [2.05, 4.69) is 20.6 Å². The highest BCUT2D eigenvalue weighted by Gasteiger charge is 2.46. The van der Waals surface area contributed by atoms with Gasteiger partial charge in [-0.3, -0.25) is 9.48 Å². The van der Waals surface area contributed by atoms with Gasteiger partial charge >= 0.3 is 5.97 Å². The molecule has 24 heavy (non-hydrogen) atoms. The second kappa shape index (κ2) is 5.88. The molecule has 1 aliphatic carbocycles. The predicted octanol–water partition coefficient (Wildman–Crippen LogP) is 1.24. The summed E-state index contributed by atoms with van der Waals surface area (Å²) in [6.45, 7) is 0.0526. The zero-order valence-corrected chi connectivity index (χ0v) is 13.1. The SMILES string of the molecule is Cn1cc([C@@H]2C[C@@H]2C(=O)OCc2nnnn2-c2ccccc2)cn1. The Morgan fingerprint density at radius 1 is 1.33 bits per heavy atom. The van der Waals surface area contributed by atoms with E-state index in [0.29, 0.717) is 5.82 Å². The van der Waals surface area contributed by atoms with E-state index in [1.165, 1.54) is 0 Å². The van der Waals surface area contributed by atoms with Crippen LogP contribution in [0.2, 0.25) is 0 Å². The van der Waals surface area contributed by atoms with Gasteiger partial charge in [-0.1, -0.05) is 18.2 Å². The molecule has 0 N–H and O–H groups in total. The Bertz CT molecular complexity index is 856. The van der Waals surface area contributed by atoms with Crippen molar-refractivity contribution in [1.82, 2.24) is 30.0 Å². The van der Waals surface area contributed by atoms with E-state index < -0.39 is 0 Å². The molecule has 2 atom stereocenters. The maximum atomic E-state index is 12.2. The number of aromatic nitrogens is 6. The molecule has 2 aromatic heterocycles. The molecule has 0 amide bonds. The van der Waals surface area contributed by atoms with Crippen LogP contribution < -0.4 is 0 Å². The van der Waals surface area contributed by atoms with Gasteiger partial charge in [-0.05, 0) is 34.5 Å². The maximum Gasteiger partial charge on any atom is 0.310 e. The molecule has 0 bridgehead atoms. The minimum atomic E-state index is -0.216. The number of aryl methyl sites for hydroxylation is 1. The summed E-state index contributed by atoms with van der Waals surface area (Å²) in [5.74, 6) is 0.381. The molecule has 4 rings (SSSR count). The minimum absolute atomic E-state index is 0.0526. The Morgan fingerprint density at radius 2 is 2.17 bits per heavy atom. The number of benzene rings is 1. The highest BCUT2D eigenvalue weighted by Crippen LogP contribution is 2.48. The fourth-order valence-electron chi connectivity index (χ4n) is 2.76. The monoisotopic (exact) mass is 324 g/mol. The minimum Gasteiger partial charge on any atom is -0.457 e. The molecular formula is C16H16N6O2. The van der Waals surface area contributed by atoms with E-state index in [-0.39, 0.29) is 24.4 Å². The number of hydrogen-bond donors (Lipinski definition) is 0. The smallest absolute Gasteiger partial charge is 0.310 e. The van der Waals surface area contributed by atoms with Gasteiger partial charge in [0.15, 0.2) is 12.4 Å². The van der Waals surface area contributed by atoms with Gasteiger partial charge in [-0.15, -0.1) is 5.10 Å². The van der Waals surface area contributed by atoms with E-state index in [1.807, 2.05) is 43.6 Å². The van der Waals surface area contributed by atoms with Crippen LogP contribution >= 0.6 is 0 Å². The third-order valence-electron chi connectivity index (χ3n) is 4.12. The van der Waals surface area contributed by atoms with Crippen LogP contribution in [0.3, 0.4) is 0 Å². The average Bonchev–Trinajstić information content (AvgIpc) is 3.06. The van der Waals surface area contributed by atoms with Crippen molar-refractivity contribution in [3.05, 3.63) is 54.1 Å². The third-order valence-corrected chi connectivity index (χ3v) is 4.12. The van der Waals surface area contributed by atoms with Crippen molar-refractivity contribution in [3.63, 3.8) is 0 Å². The fourth-order valence-corrected chi connectivity index (χ4v) is 2.76. The Balaban J connectivity index is 1.38. The Morgan fingerprint density at radius 3 is 2.92 bits per heavy atom. The highest BCUT2D eigenvalue weighted by atomic mass is 16.5. The quantitative estimate of drug-likeness (QED) is 0.656. The molecule has 122 valence electrons. The summed E-state index contributed by atoms with van der Waals surface area (Å²) in [6, 6.07) is 9.49. The number of carbonyl (C=O) groups excluding carboxylic acids is 1. The standard InChI is InChI=1S/C16H16N6O2/c1-21-9-11(8-17-21)13-7-14(13)16(23)24-10-15-18-19-20-22(15)12-5-3-2-4-6-12/h2-6,8-9,13-14H,7,10H2,1H3/t13-,14-/m0/s1. The van der Waals surface area contributed by atoms with E-state index in [9.17, 15) is 4.79 Å². The summed E-state index contributed by atoms with van der Waals surface area (Å²) in [5.41, 5.74) is 1.90. The van der Waals surface area contributed by atoms with Crippen LogP contribution in [0.1, 0.15) is 23.7 Å². The third kappa shape index (κ3) is 2.78. The number of ether oxygens (including phenoxy) is 1. The topological polar surface area (TPSA) is 87.7 Å². The normalized spacial score (nSPS) is 19.2. The van der Waals surface area contributed by atoms with Crippen molar-refractivity contribution < 1.29 is 9.53 Å². The summed E-state index contributed by atoms with van der Waals surface area (Å²) in [7, 11) is 1.86. The number of tetrazole rings is 1. The number of hydrogen-bond acceptors (Lipinski definition) is 6. The molecule has 1 aromatic carbocycles. The number of para-hydroxylation sites is 1. The number of rotatable bonds is 5. The molecule has 8 nitrogen and oxygen atoms in total. The Kier molecular flexibility index (Phi) is 3.56. The van der Waals surface area contributed by atoms with E-state index >= 15 is 0 Å². The zero-order chi connectivity index (χ0) is 16.5. The van der Waals surface area contributed by atoms with Crippen LogP contribution in [-0.2, 0) is 23.2 Å². The second-order valence-corrected chi connectivity index (χ2v) is 5.85. The van der Waals surface area contributed by atoms with Crippen LogP contribution in [0.5, 0.6) is 0 Å². The number of nitrogens with zero attached hydrogens (tertiary/aromatic N) is 6. The molecule has 2 heterocycles. The van der Waals surface area contributed by atoms with Gasteiger partial charge in [-0.25, -0.2) is 0 Å². The van der Waals surface area contributed by atoms with Gasteiger partial charge in [0.1, 0.15) is 0 Å². The molecular weight excluding hydrogens is 308 g/mol. The maximum absolute atomic E-state index is 12.2. The first-order chi connectivity index (χ1) is 11.7. The molecule has 3 aromatic rings. The first-order valence-corrected chi connectivity index (χ1v) is 7.70. The van der Waals surface area contributed by atoms with Crippen LogP contribution in [0.15, 0.2) is 42.7 Å². The van der Waals surface area contributed by atoms with Gasteiger partial charge in [0, 0.05) is 19.2 Å². The van der Waals surface area contributed by atoms with Gasteiger partial charge in [0.2, 0.25) is 0 Å². The summed E-state index contributed by atoms with van der Waals surface area (Å²) in [4.78, 5) is 12.2. The van der Waals surface area contributed by atoms with Crippen LogP contribution in [0.25, 0.3) is 5.69 Å². The van der Waals surface area contributed by atoms with Crippen LogP contribution in [0.4, 0.5) is 0 Å². The summed E-state index contributed by atoms with van der Waals surface area (Å²) in [5, 5.41) is 15.7. The summed E-state index contributed by atoms with van der Waals surface area (Å²) < 4.78 is 8.71. The van der Waals surface area contributed by atoms with Crippen molar-refractivity contribution in [3.8, 4) is 5.69 Å². The lowest BCUT2D eigenvalue weighted by Gasteiger charge is -2.05. The highest BCUT2D eigenvalue weighted by molar-refractivity contribution is 5.77. The largest absolute Gasteiger partial charge is 0.457 e. The van der Waals surface area contributed by atoms with E-state index in [4.69, 9.17) is 4.74 Å². The lowest BCUT2D eigenvalue weighted by atomic mass is 10.2. The molecule has 0 unspecified atom stereocenters. The molecule has 1 aliphatic rings. The fraction of sp³-hybridized carbons (Fsp3) is 0.312. The molecule has 1 fully saturated rings. The van der Waals surface area contributed by atoms with Crippen molar-refractivity contribution >= 4 is 5.97 Å². The van der Waals surface area contributed by atoms with E-state index in [0.717, 1.165) is 17.7 Å². The van der Waals surface area contributed by atoms with Crippen LogP contribution in [-0.4, -0.2) is 36.0 Å². The molecule has 8 heteroatoms. The average molecular weight is 324 g/mol. The van der Waals surface area contributed by atoms with Crippen molar-refractivity contribution in [2.75, 3.05) is 0 Å². The Hall–Kier alpha value is -3.03. The first-order valence-electron chi connectivity index (χ1n) is 7.70. The molecule has 1 saturated carbocycles. The molecule has 0 radical (unpaired) electrons. The van der Waals surface area contributed by atoms with Crippen molar-refractivity contribution in [2.45, 2.75) is 18.9 Å². The molecule has 0 aliphatic heterocycles. The lowest BCUT2D eigenvalue weighted by molar-refractivity contribution is -0.146.